The highest BCUT2D eigenvalue weighted by Gasteiger charge is 2.43. The monoisotopic (exact) mass is 358 g/mol. The zero-order valence-corrected chi connectivity index (χ0v) is 14.4. The van der Waals surface area contributed by atoms with Crippen LogP contribution in [0.1, 0.15) is 19.3 Å². The van der Waals surface area contributed by atoms with Gasteiger partial charge in [-0.05, 0) is 36.5 Å². The van der Waals surface area contributed by atoms with Gasteiger partial charge in [0.15, 0.2) is 0 Å². The Morgan fingerprint density at radius 3 is 2.57 bits per heavy atom. The summed E-state index contributed by atoms with van der Waals surface area (Å²) in [5.74, 6) is 0.338. The highest BCUT2D eigenvalue weighted by Crippen LogP contribution is 2.40. The van der Waals surface area contributed by atoms with Gasteiger partial charge in [-0.15, -0.1) is 0 Å². The molecule has 1 aromatic rings. The van der Waals surface area contributed by atoms with Crippen LogP contribution in [0.4, 0.5) is 0 Å². The largest absolute Gasteiger partial charge is 0.495 e. The Labute approximate surface area is 140 Å². The first-order valence-corrected chi connectivity index (χ1v) is 9.29. The molecule has 0 unspecified atom stereocenters. The molecule has 126 valence electrons. The van der Waals surface area contributed by atoms with Crippen LogP contribution in [0, 0.1) is 5.41 Å². The molecular weight excluding hydrogens is 340 g/mol. The molecule has 0 saturated carbocycles. The lowest BCUT2D eigenvalue weighted by molar-refractivity contribution is -0.119. The van der Waals surface area contributed by atoms with Gasteiger partial charge in [0, 0.05) is 31.1 Å². The number of nitrogens with zero attached hydrogens (tertiary/aromatic N) is 1. The number of carbonyl (C=O) groups excluding carboxylic acids is 1. The smallest absolute Gasteiger partial charge is 0.246 e. The summed E-state index contributed by atoms with van der Waals surface area (Å²) in [6, 6.07) is 4.57. The SMILES string of the molecule is COc1ccc(Cl)cc1S(=O)(=O)N1CCC2(CC1)CNC(=O)C2. The van der Waals surface area contributed by atoms with Crippen molar-refractivity contribution in [2.75, 3.05) is 26.7 Å². The van der Waals surface area contributed by atoms with Crippen LogP contribution in [-0.4, -0.2) is 45.4 Å². The molecule has 0 aromatic heterocycles. The number of rotatable bonds is 3. The Morgan fingerprint density at radius 1 is 1.30 bits per heavy atom. The summed E-state index contributed by atoms with van der Waals surface area (Å²) in [4.78, 5) is 11.6. The molecule has 0 radical (unpaired) electrons. The number of carbonyl (C=O) groups is 1. The number of amides is 1. The molecule has 2 saturated heterocycles. The van der Waals surface area contributed by atoms with E-state index in [1.807, 2.05) is 0 Å². The lowest BCUT2D eigenvalue weighted by Gasteiger charge is -2.37. The van der Waals surface area contributed by atoms with E-state index < -0.39 is 10.0 Å². The van der Waals surface area contributed by atoms with E-state index in [4.69, 9.17) is 16.3 Å². The van der Waals surface area contributed by atoms with Gasteiger partial charge in [-0.25, -0.2) is 8.42 Å². The normalized spacial score (nSPS) is 21.4. The van der Waals surface area contributed by atoms with Gasteiger partial charge in [0.25, 0.3) is 0 Å². The molecule has 0 bridgehead atoms. The summed E-state index contributed by atoms with van der Waals surface area (Å²) >= 11 is 5.95. The summed E-state index contributed by atoms with van der Waals surface area (Å²) in [6.07, 6.45) is 1.84. The van der Waals surface area contributed by atoms with Gasteiger partial charge in [-0.3, -0.25) is 4.79 Å². The summed E-state index contributed by atoms with van der Waals surface area (Å²) in [5, 5.41) is 3.20. The second-order valence-electron chi connectivity index (χ2n) is 6.15. The van der Waals surface area contributed by atoms with E-state index in [1.165, 1.54) is 17.5 Å². The number of halogens is 1. The predicted octanol–water partition coefficient (Wildman–Crippen LogP) is 1.64. The summed E-state index contributed by atoms with van der Waals surface area (Å²) in [5.41, 5.74) is -0.0957. The number of benzene rings is 1. The number of hydrogen-bond donors (Lipinski definition) is 1. The predicted molar refractivity (Wildman–Crippen MR) is 86.1 cm³/mol. The van der Waals surface area contributed by atoms with Gasteiger partial charge in [0.05, 0.1) is 7.11 Å². The van der Waals surface area contributed by atoms with Crippen molar-refractivity contribution < 1.29 is 17.9 Å². The zero-order valence-electron chi connectivity index (χ0n) is 12.8. The minimum absolute atomic E-state index is 0.0535. The van der Waals surface area contributed by atoms with Crippen molar-refractivity contribution in [1.29, 1.82) is 0 Å². The lowest BCUT2D eigenvalue weighted by atomic mass is 9.78. The van der Waals surface area contributed by atoms with Gasteiger partial charge in [0.2, 0.25) is 15.9 Å². The Morgan fingerprint density at radius 2 is 2.00 bits per heavy atom. The Balaban J connectivity index is 1.82. The van der Waals surface area contributed by atoms with Gasteiger partial charge in [-0.1, -0.05) is 11.6 Å². The van der Waals surface area contributed by atoms with Crippen LogP contribution in [0.2, 0.25) is 5.02 Å². The lowest BCUT2D eigenvalue weighted by Crippen LogP contribution is -2.44. The molecule has 2 aliphatic rings. The van der Waals surface area contributed by atoms with Crippen LogP contribution in [0.15, 0.2) is 23.1 Å². The van der Waals surface area contributed by atoms with Crippen LogP contribution < -0.4 is 10.1 Å². The Bertz CT molecular complexity index is 727. The van der Waals surface area contributed by atoms with E-state index in [0.717, 1.165) is 0 Å². The molecule has 0 atom stereocenters. The number of sulfonamides is 1. The van der Waals surface area contributed by atoms with E-state index in [-0.39, 0.29) is 22.0 Å². The molecule has 3 rings (SSSR count). The molecule has 6 nitrogen and oxygen atoms in total. The molecule has 1 N–H and O–H groups in total. The van der Waals surface area contributed by atoms with E-state index in [2.05, 4.69) is 5.32 Å². The second-order valence-corrected chi connectivity index (χ2v) is 8.50. The fourth-order valence-corrected chi connectivity index (χ4v) is 5.16. The first-order valence-electron chi connectivity index (χ1n) is 7.47. The second kappa shape index (κ2) is 5.96. The van der Waals surface area contributed by atoms with Gasteiger partial charge in [-0.2, -0.15) is 4.31 Å². The van der Waals surface area contributed by atoms with Crippen molar-refractivity contribution in [2.24, 2.45) is 5.41 Å². The average molecular weight is 359 g/mol. The third kappa shape index (κ3) is 3.05. The van der Waals surface area contributed by atoms with Crippen LogP contribution in [0.5, 0.6) is 5.75 Å². The Kier molecular flexibility index (Phi) is 4.29. The van der Waals surface area contributed by atoms with E-state index in [1.54, 1.807) is 12.1 Å². The average Bonchev–Trinajstić information content (AvgIpc) is 2.88. The van der Waals surface area contributed by atoms with Crippen LogP contribution in [-0.2, 0) is 14.8 Å². The number of nitrogens with one attached hydrogen (secondary N) is 1. The maximum atomic E-state index is 12.9. The minimum atomic E-state index is -3.67. The first kappa shape index (κ1) is 16.5. The van der Waals surface area contributed by atoms with Gasteiger partial charge in [0.1, 0.15) is 10.6 Å². The maximum absolute atomic E-state index is 12.9. The molecule has 1 aromatic carbocycles. The highest BCUT2D eigenvalue weighted by atomic mass is 35.5. The minimum Gasteiger partial charge on any atom is -0.495 e. The van der Waals surface area contributed by atoms with Crippen molar-refractivity contribution in [2.45, 2.75) is 24.2 Å². The molecule has 2 heterocycles. The molecule has 2 aliphatic heterocycles. The molecule has 8 heteroatoms. The van der Waals surface area contributed by atoms with E-state index in [0.29, 0.717) is 43.9 Å². The van der Waals surface area contributed by atoms with Crippen LogP contribution in [0.25, 0.3) is 0 Å². The highest BCUT2D eigenvalue weighted by molar-refractivity contribution is 7.89. The summed E-state index contributed by atoms with van der Waals surface area (Å²) in [7, 11) is -2.23. The van der Waals surface area contributed by atoms with E-state index in [9.17, 15) is 13.2 Å². The van der Waals surface area contributed by atoms with Crippen molar-refractivity contribution in [3.05, 3.63) is 23.2 Å². The van der Waals surface area contributed by atoms with E-state index >= 15 is 0 Å². The van der Waals surface area contributed by atoms with Crippen molar-refractivity contribution in [3.63, 3.8) is 0 Å². The van der Waals surface area contributed by atoms with Crippen LogP contribution in [0.3, 0.4) is 0 Å². The number of methoxy groups -OCH3 is 1. The first-order chi connectivity index (χ1) is 10.9. The standard InChI is InChI=1S/C15H19ClN2O4S/c1-22-12-3-2-11(16)8-13(12)23(20,21)18-6-4-15(5-7-18)9-14(19)17-10-15/h2-3,8H,4-7,9-10H2,1H3,(H,17,19). The molecule has 1 spiro atoms. The molecule has 1 amide bonds. The molecule has 23 heavy (non-hydrogen) atoms. The summed E-state index contributed by atoms with van der Waals surface area (Å²) in [6.45, 7) is 1.43. The molecule has 2 fully saturated rings. The topological polar surface area (TPSA) is 75.7 Å². The third-order valence-corrected chi connectivity index (χ3v) is 6.88. The Hall–Kier alpha value is -1.31. The van der Waals surface area contributed by atoms with Crippen molar-refractivity contribution in [3.8, 4) is 5.75 Å². The fraction of sp³-hybridized carbons (Fsp3) is 0.533. The third-order valence-electron chi connectivity index (χ3n) is 4.72. The van der Waals surface area contributed by atoms with Gasteiger partial charge >= 0.3 is 0 Å². The number of piperidine rings is 1. The molecule has 0 aliphatic carbocycles. The fourth-order valence-electron chi connectivity index (χ4n) is 3.30. The van der Waals surface area contributed by atoms with Crippen LogP contribution >= 0.6 is 11.6 Å². The zero-order chi connectivity index (χ0) is 16.7. The maximum Gasteiger partial charge on any atom is 0.246 e. The molecular formula is C15H19ClN2O4S. The number of hydrogen-bond acceptors (Lipinski definition) is 4. The van der Waals surface area contributed by atoms with Crippen molar-refractivity contribution in [1.82, 2.24) is 9.62 Å². The van der Waals surface area contributed by atoms with Gasteiger partial charge < -0.3 is 10.1 Å². The van der Waals surface area contributed by atoms with Crippen molar-refractivity contribution >= 4 is 27.5 Å². The number of ether oxygens (including phenoxy) is 1. The summed E-state index contributed by atoms with van der Waals surface area (Å²) < 4.78 is 32.4. The quantitative estimate of drug-likeness (QED) is 0.891.